The number of hydrogen-bond acceptors (Lipinski definition) is 4. The molecule has 0 radical (unpaired) electrons. The third-order valence-electron chi connectivity index (χ3n) is 3.11. The molecule has 2 aliphatic rings. The van der Waals surface area contributed by atoms with Gasteiger partial charge in [0.15, 0.2) is 0 Å². The van der Waals surface area contributed by atoms with Gasteiger partial charge in [-0.15, -0.1) is 0 Å². The number of aliphatic imine (C=N–C) groups is 1. The highest BCUT2D eigenvalue weighted by Gasteiger charge is 2.31. The quantitative estimate of drug-likeness (QED) is 0.609. The van der Waals surface area contributed by atoms with E-state index in [1.54, 1.807) is 0 Å². The molecule has 1 aliphatic heterocycles. The fourth-order valence-corrected chi connectivity index (χ4v) is 2.38. The monoisotopic (exact) mass is 255 g/mol. The van der Waals surface area contributed by atoms with E-state index < -0.39 is 6.09 Å². The van der Waals surface area contributed by atoms with Crippen molar-refractivity contribution in [2.75, 3.05) is 0 Å². The van der Waals surface area contributed by atoms with Gasteiger partial charge in [-0.1, -0.05) is 11.8 Å². The highest BCUT2D eigenvalue weighted by molar-refractivity contribution is 8.16. The first-order valence-electron chi connectivity index (χ1n) is 5.78. The third kappa shape index (κ3) is 3.00. The summed E-state index contributed by atoms with van der Waals surface area (Å²) in [4.78, 5) is 20.4. The Morgan fingerprint density at radius 3 is 2.76 bits per heavy atom. The van der Waals surface area contributed by atoms with Gasteiger partial charge in [-0.2, -0.15) is 0 Å². The molecule has 1 N–H and O–H groups in total. The van der Waals surface area contributed by atoms with Crippen molar-refractivity contribution in [3.05, 3.63) is 0 Å². The Bertz CT molecular complexity index is 386. The van der Waals surface area contributed by atoms with Crippen LogP contribution in [0.3, 0.4) is 0 Å². The number of amidine groups is 1. The van der Waals surface area contributed by atoms with Crippen LogP contribution in [-0.2, 0) is 4.84 Å². The van der Waals surface area contributed by atoms with Gasteiger partial charge in [0.05, 0.1) is 4.75 Å². The average molecular weight is 255 g/mol. The van der Waals surface area contributed by atoms with Crippen LogP contribution in [0.25, 0.3) is 0 Å². The predicted octanol–water partition coefficient (Wildman–Crippen LogP) is 2.52. The third-order valence-corrected chi connectivity index (χ3v) is 4.27. The molecule has 0 aromatic rings. The summed E-state index contributed by atoms with van der Waals surface area (Å²) in [6.45, 7) is 6.07. The van der Waals surface area contributed by atoms with Crippen molar-refractivity contribution >= 4 is 28.7 Å². The van der Waals surface area contributed by atoms with E-state index in [-0.39, 0.29) is 10.8 Å². The number of hydrogen-bond donors (Lipinski definition) is 1. The lowest BCUT2D eigenvalue weighted by atomic mass is 9.93. The van der Waals surface area contributed by atoms with Crippen LogP contribution in [0.5, 0.6) is 0 Å². The maximum Gasteiger partial charge on any atom is 0.433 e. The molecule has 0 spiro atoms. The molecule has 0 aromatic carbocycles. The first-order valence-corrected chi connectivity index (χ1v) is 6.59. The van der Waals surface area contributed by atoms with Crippen LogP contribution < -0.4 is 5.32 Å². The van der Waals surface area contributed by atoms with Crippen LogP contribution in [0.15, 0.2) is 10.1 Å². The van der Waals surface area contributed by atoms with Gasteiger partial charge < -0.3 is 5.32 Å². The van der Waals surface area contributed by atoms with E-state index in [0.717, 1.165) is 18.6 Å². The van der Waals surface area contributed by atoms with Crippen molar-refractivity contribution in [1.82, 2.24) is 5.32 Å². The minimum atomic E-state index is -0.486. The molecule has 1 saturated carbocycles. The summed E-state index contributed by atoms with van der Waals surface area (Å²) in [5, 5.41) is 7.02. The number of amides is 1. The molecule has 1 heterocycles. The summed E-state index contributed by atoms with van der Waals surface area (Å²) < 4.78 is -0.0629. The summed E-state index contributed by atoms with van der Waals surface area (Å²) in [5.41, 5.74) is 0.990. The van der Waals surface area contributed by atoms with Crippen LogP contribution in [0, 0.1) is 0 Å². The van der Waals surface area contributed by atoms with Gasteiger partial charge in [0.25, 0.3) is 0 Å². The Kier molecular flexibility index (Phi) is 3.42. The Hall–Kier alpha value is -1.04. The molecular formula is C11H17N3O2S. The number of nitrogens with zero attached hydrogens (tertiary/aromatic N) is 2. The highest BCUT2D eigenvalue weighted by Crippen LogP contribution is 2.33. The molecule has 5 nitrogen and oxygen atoms in total. The SMILES string of the molecule is CC1=NC(=NOC(=O)NC2CCC2)SC1(C)C. The second kappa shape index (κ2) is 4.68. The maximum absolute atomic E-state index is 11.3. The number of carbonyl (C=O) groups is 1. The number of rotatable bonds is 2. The van der Waals surface area contributed by atoms with Gasteiger partial charge >= 0.3 is 6.09 Å². The molecule has 0 unspecified atom stereocenters. The van der Waals surface area contributed by atoms with Gasteiger partial charge in [0.1, 0.15) is 0 Å². The summed E-state index contributed by atoms with van der Waals surface area (Å²) in [6.07, 6.45) is 2.75. The van der Waals surface area contributed by atoms with Gasteiger partial charge in [-0.25, -0.2) is 9.79 Å². The summed E-state index contributed by atoms with van der Waals surface area (Å²) in [6, 6.07) is 0.264. The lowest BCUT2D eigenvalue weighted by Gasteiger charge is -2.24. The molecule has 94 valence electrons. The summed E-state index contributed by atoms with van der Waals surface area (Å²) >= 11 is 1.50. The zero-order valence-electron chi connectivity index (χ0n) is 10.3. The van der Waals surface area contributed by atoms with E-state index >= 15 is 0 Å². The predicted molar refractivity (Wildman–Crippen MR) is 69.5 cm³/mol. The van der Waals surface area contributed by atoms with Crippen LogP contribution in [-0.4, -0.2) is 27.8 Å². The largest absolute Gasteiger partial charge is 0.433 e. The molecule has 0 bridgehead atoms. The van der Waals surface area contributed by atoms with Crippen LogP contribution >= 0.6 is 11.8 Å². The van der Waals surface area contributed by atoms with Crippen molar-refractivity contribution in [3.63, 3.8) is 0 Å². The average Bonchev–Trinajstić information content (AvgIpc) is 2.44. The molecule has 0 aromatic heterocycles. The van der Waals surface area contributed by atoms with Crippen LogP contribution in [0.4, 0.5) is 4.79 Å². The fraction of sp³-hybridized carbons (Fsp3) is 0.727. The topological polar surface area (TPSA) is 63.1 Å². The number of oxime groups is 1. The molecule has 17 heavy (non-hydrogen) atoms. The van der Waals surface area contributed by atoms with Crippen molar-refractivity contribution in [2.45, 2.75) is 50.8 Å². The van der Waals surface area contributed by atoms with E-state index in [1.807, 2.05) is 6.92 Å². The fourth-order valence-electron chi connectivity index (χ4n) is 1.47. The van der Waals surface area contributed by atoms with Gasteiger partial charge in [-0.05, 0) is 45.2 Å². The van der Waals surface area contributed by atoms with Gasteiger partial charge in [-0.3, -0.25) is 4.84 Å². The molecule has 0 atom stereocenters. The Balaban J connectivity index is 1.83. The smallest absolute Gasteiger partial charge is 0.317 e. The van der Waals surface area contributed by atoms with E-state index in [1.165, 1.54) is 18.2 Å². The van der Waals surface area contributed by atoms with Crippen LogP contribution in [0.1, 0.15) is 40.0 Å². The minimum absolute atomic E-state index is 0.0629. The molecule has 2 rings (SSSR count). The van der Waals surface area contributed by atoms with Crippen LogP contribution in [0.2, 0.25) is 0 Å². The number of carbonyl (C=O) groups excluding carboxylic acids is 1. The Labute approximate surface area is 105 Å². The van der Waals surface area contributed by atoms with E-state index in [0.29, 0.717) is 5.17 Å². The van der Waals surface area contributed by atoms with Crippen molar-refractivity contribution < 1.29 is 9.63 Å². The number of thioether (sulfide) groups is 1. The van der Waals surface area contributed by atoms with E-state index in [9.17, 15) is 4.79 Å². The first-order chi connectivity index (χ1) is 7.97. The lowest BCUT2D eigenvalue weighted by molar-refractivity contribution is 0.141. The zero-order valence-corrected chi connectivity index (χ0v) is 11.1. The van der Waals surface area contributed by atoms with Gasteiger partial charge in [0, 0.05) is 11.8 Å². The molecule has 0 saturated heterocycles. The molecule has 1 fully saturated rings. The van der Waals surface area contributed by atoms with E-state index in [2.05, 4.69) is 29.3 Å². The zero-order chi connectivity index (χ0) is 12.5. The first kappa shape index (κ1) is 12.4. The normalized spacial score (nSPS) is 25.4. The molecule has 1 amide bonds. The molecule has 1 aliphatic carbocycles. The molecular weight excluding hydrogens is 238 g/mol. The Morgan fingerprint density at radius 1 is 1.59 bits per heavy atom. The minimum Gasteiger partial charge on any atom is -0.317 e. The molecule has 6 heteroatoms. The Morgan fingerprint density at radius 2 is 2.29 bits per heavy atom. The summed E-state index contributed by atoms with van der Waals surface area (Å²) in [7, 11) is 0. The van der Waals surface area contributed by atoms with Gasteiger partial charge in [0.2, 0.25) is 5.17 Å². The standard InChI is InChI=1S/C11H17N3O2S/c1-7-11(2,3)17-9(12-7)14-16-10(15)13-8-5-4-6-8/h8H,4-6H2,1-3H3,(H,13,15). The highest BCUT2D eigenvalue weighted by atomic mass is 32.2. The number of nitrogens with one attached hydrogen (secondary N) is 1. The second-order valence-corrected chi connectivity index (χ2v) is 6.42. The summed E-state index contributed by atoms with van der Waals surface area (Å²) in [5.74, 6) is 0. The lowest BCUT2D eigenvalue weighted by Crippen LogP contribution is -2.39. The van der Waals surface area contributed by atoms with Crippen molar-refractivity contribution in [1.29, 1.82) is 0 Å². The van der Waals surface area contributed by atoms with E-state index in [4.69, 9.17) is 4.84 Å². The second-order valence-electron chi connectivity index (χ2n) is 4.83. The maximum atomic E-state index is 11.3. The van der Waals surface area contributed by atoms with Crippen molar-refractivity contribution in [2.24, 2.45) is 10.1 Å². The van der Waals surface area contributed by atoms with Crippen molar-refractivity contribution in [3.8, 4) is 0 Å².